The number of rotatable bonds is 1. The monoisotopic (exact) mass is 194 g/mol. The second-order valence-electron chi connectivity index (χ2n) is 4.18. The van der Waals surface area contributed by atoms with Crippen molar-refractivity contribution in [1.82, 2.24) is 0 Å². The van der Waals surface area contributed by atoms with E-state index in [-0.39, 0.29) is 0 Å². The van der Waals surface area contributed by atoms with E-state index in [1.165, 1.54) is 27.7 Å². The van der Waals surface area contributed by atoms with Crippen LogP contribution in [0.3, 0.4) is 0 Å². The van der Waals surface area contributed by atoms with Crippen molar-refractivity contribution in [2.24, 2.45) is 0 Å². The first kappa shape index (κ1) is 10.0. The topological polar surface area (TPSA) is 0 Å². The number of benzene rings is 2. The second-order valence-corrected chi connectivity index (χ2v) is 4.18. The Morgan fingerprint density at radius 1 is 0.800 bits per heavy atom. The summed E-state index contributed by atoms with van der Waals surface area (Å²) in [5.41, 5.74) is 6.62. The molecule has 0 aliphatic carbocycles. The predicted molar refractivity (Wildman–Crippen MR) is 69.5 cm³/mol. The summed E-state index contributed by atoms with van der Waals surface area (Å²) in [5, 5.41) is 0. The molecule has 1 heteroatoms. The van der Waals surface area contributed by atoms with Crippen LogP contribution in [-0.4, -0.2) is 7.85 Å². The molecule has 0 saturated carbocycles. The fourth-order valence-electron chi connectivity index (χ4n) is 1.87. The van der Waals surface area contributed by atoms with E-state index in [0.717, 1.165) is 0 Å². The number of hydrogen-bond acceptors (Lipinski definition) is 0. The minimum absolute atomic E-state index is 1.30. The molecule has 0 spiro atoms. The van der Waals surface area contributed by atoms with Crippen molar-refractivity contribution in [3.63, 3.8) is 0 Å². The smallest absolute Gasteiger partial charge is 0.0810 e. The van der Waals surface area contributed by atoms with Gasteiger partial charge in [-0.25, -0.2) is 0 Å². The third kappa shape index (κ3) is 2.12. The Kier molecular flexibility index (Phi) is 2.63. The van der Waals surface area contributed by atoms with Gasteiger partial charge in [0.1, 0.15) is 7.85 Å². The first-order valence-electron chi connectivity index (χ1n) is 5.31. The van der Waals surface area contributed by atoms with Gasteiger partial charge in [-0.2, -0.15) is 0 Å². The molecule has 2 aromatic carbocycles. The Hall–Kier alpha value is -1.50. The molecular weight excluding hydrogens is 179 g/mol. The molecule has 74 valence electrons. The molecule has 0 aromatic heterocycles. The van der Waals surface area contributed by atoms with Crippen LogP contribution in [-0.2, 0) is 0 Å². The molecule has 0 aliphatic rings. The van der Waals surface area contributed by atoms with Crippen molar-refractivity contribution < 1.29 is 0 Å². The minimum atomic E-state index is 1.30. The number of hydrogen-bond donors (Lipinski definition) is 0. The van der Waals surface area contributed by atoms with Crippen LogP contribution in [0.5, 0.6) is 0 Å². The van der Waals surface area contributed by atoms with Gasteiger partial charge in [0.2, 0.25) is 0 Å². The number of aryl methyl sites for hydroxylation is 2. The Balaban J connectivity index is 2.49. The van der Waals surface area contributed by atoms with Gasteiger partial charge in [-0.15, -0.1) is 0 Å². The summed E-state index contributed by atoms with van der Waals surface area (Å²) in [4.78, 5) is 0. The van der Waals surface area contributed by atoms with Crippen LogP contribution in [0.2, 0.25) is 0 Å². The zero-order chi connectivity index (χ0) is 10.8. The van der Waals surface area contributed by atoms with Crippen molar-refractivity contribution >= 4 is 13.3 Å². The quantitative estimate of drug-likeness (QED) is 0.610. The Bertz CT molecular complexity index is 469. The molecule has 0 nitrogen and oxygen atoms in total. The van der Waals surface area contributed by atoms with Gasteiger partial charge in [-0.05, 0) is 25.0 Å². The molecule has 2 aromatic rings. The fraction of sp³-hybridized carbons (Fsp3) is 0.143. The average molecular weight is 194 g/mol. The van der Waals surface area contributed by atoms with E-state index in [9.17, 15) is 0 Å². The van der Waals surface area contributed by atoms with Crippen LogP contribution in [0.1, 0.15) is 11.1 Å². The Morgan fingerprint density at radius 3 is 2.00 bits per heavy atom. The third-order valence-electron chi connectivity index (χ3n) is 2.74. The second kappa shape index (κ2) is 3.94. The summed E-state index contributed by atoms with van der Waals surface area (Å²) in [6.45, 7) is 4.25. The van der Waals surface area contributed by atoms with E-state index in [4.69, 9.17) is 0 Å². The van der Waals surface area contributed by atoms with Gasteiger partial charge >= 0.3 is 0 Å². The molecule has 2 rings (SSSR count). The van der Waals surface area contributed by atoms with E-state index < -0.39 is 0 Å². The summed E-state index contributed by atoms with van der Waals surface area (Å²) >= 11 is 0. The van der Waals surface area contributed by atoms with Crippen molar-refractivity contribution in [2.75, 3.05) is 0 Å². The van der Waals surface area contributed by atoms with Gasteiger partial charge in [0.15, 0.2) is 0 Å². The third-order valence-corrected chi connectivity index (χ3v) is 2.74. The van der Waals surface area contributed by atoms with Crippen molar-refractivity contribution in [2.45, 2.75) is 13.8 Å². The standard InChI is InChI=1S/C14H15B/c1-10-3-6-12(7-4-10)13-8-5-11(2)9-14(13)15/h3-9H,15H2,1-2H3. The summed E-state index contributed by atoms with van der Waals surface area (Å²) in [6, 6.07) is 15.3. The summed E-state index contributed by atoms with van der Waals surface area (Å²) in [5.74, 6) is 0. The van der Waals surface area contributed by atoms with Crippen LogP contribution in [0.15, 0.2) is 42.5 Å². The lowest BCUT2D eigenvalue weighted by atomic mass is 9.86. The van der Waals surface area contributed by atoms with Crippen LogP contribution in [0.4, 0.5) is 0 Å². The Labute approximate surface area is 92.4 Å². The molecule has 0 fully saturated rings. The molecule has 0 unspecified atom stereocenters. The van der Waals surface area contributed by atoms with Gasteiger partial charge in [-0.3, -0.25) is 0 Å². The minimum Gasteiger partial charge on any atom is -0.0810 e. The molecule has 15 heavy (non-hydrogen) atoms. The molecule has 0 saturated heterocycles. The highest BCUT2D eigenvalue weighted by Crippen LogP contribution is 2.17. The first-order valence-corrected chi connectivity index (χ1v) is 5.31. The molecule has 0 amide bonds. The van der Waals surface area contributed by atoms with Crippen LogP contribution >= 0.6 is 0 Å². The van der Waals surface area contributed by atoms with E-state index in [0.29, 0.717) is 0 Å². The summed E-state index contributed by atoms with van der Waals surface area (Å²) < 4.78 is 0. The van der Waals surface area contributed by atoms with Crippen molar-refractivity contribution in [1.29, 1.82) is 0 Å². The van der Waals surface area contributed by atoms with Gasteiger partial charge in [0.25, 0.3) is 0 Å². The molecule has 0 atom stereocenters. The van der Waals surface area contributed by atoms with Crippen LogP contribution in [0.25, 0.3) is 11.1 Å². The van der Waals surface area contributed by atoms with E-state index in [1.807, 2.05) is 0 Å². The lowest BCUT2D eigenvalue weighted by molar-refractivity contribution is 1.46. The molecule has 0 bridgehead atoms. The highest BCUT2D eigenvalue weighted by molar-refractivity contribution is 6.36. The van der Waals surface area contributed by atoms with E-state index >= 15 is 0 Å². The lowest BCUT2D eigenvalue weighted by Gasteiger charge is -2.07. The SMILES string of the molecule is Bc1cc(C)ccc1-c1ccc(C)cc1. The maximum absolute atomic E-state index is 2.23. The van der Waals surface area contributed by atoms with Gasteiger partial charge in [0, 0.05) is 0 Å². The Morgan fingerprint density at radius 2 is 1.40 bits per heavy atom. The molecular formula is C14H15B. The highest BCUT2D eigenvalue weighted by Gasteiger charge is 2.00. The normalized spacial score (nSPS) is 10.3. The van der Waals surface area contributed by atoms with Gasteiger partial charge < -0.3 is 0 Å². The highest BCUT2D eigenvalue weighted by atomic mass is 14.0. The fourth-order valence-corrected chi connectivity index (χ4v) is 1.87. The summed E-state index contributed by atoms with van der Waals surface area (Å²) in [7, 11) is 2.17. The molecule has 0 N–H and O–H groups in total. The average Bonchev–Trinajstić information content (AvgIpc) is 2.20. The maximum Gasteiger partial charge on any atom is 0.140 e. The molecule has 0 aliphatic heterocycles. The van der Waals surface area contributed by atoms with Gasteiger partial charge in [0.05, 0.1) is 0 Å². The summed E-state index contributed by atoms with van der Waals surface area (Å²) in [6.07, 6.45) is 0. The maximum atomic E-state index is 2.23. The largest absolute Gasteiger partial charge is 0.140 e. The van der Waals surface area contributed by atoms with Crippen molar-refractivity contribution in [3.8, 4) is 11.1 Å². The molecule has 0 radical (unpaired) electrons. The van der Waals surface area contributed by atoms with Crippen molar-refractivity contribution in [3.05, 3.63) is 53.6 Å². The van der Waals surface area contributed by atoms with Crippen LogP contribution in [0, 0.1) is 13.8 Å². The zero-order valence-corrected chi connectivity index (χ0v) is 9.54. The zero-order valence-electron chi connectivity index (χ0n) is 9.54. The van der Waals surface area contributed by atoms with E-state index in [1.54, 1.807) is 0 Å². The lowest BCUT2D eigenvalue weighted by Crippen LogP contribution is -2.06. The van der Waals surface area contributed by atoms with Crippen LogP contribution < -0.4 is 5.46 Å². The van der Waals surface area contributed by atoms with Gasteiger partial charge in [-0.1, -0.05) is 59.1 Å². The molecule has 0 heterocycles. The first-order chi connectivity index (χ1) is 7.16. The van der Waals surface area contributed by atoms with E-state index in [2.05, 4.69) is 64.2 Å². The predicted octanol–water partition coefficient (Wildman–Crippen LogP) is 2.23.